The van der Waals surface area contributed by atoms with Crippen molar-refractivity contribution in [2.24, 2.45) is 0 Å². The molecule has 0 bridgehead atoms. The molecule has 1 aliphatic heterocycles. The summed E-state index contributed by atoms with van der Waals surface area (Å²) in [6, 6.07) is 16.4. The number of carbonyl (C=O) groups excluding carboxylic acids is 1. The predicted molar refractivity (Wildman–Crippen MR) is 161 cm³/mol. The van der Waals surface area contributed by atoms with Crippen LogP contribution >= 0.6 is 0 Å². The van der Waals surface area contributed by atoms with Crippen LogP contribution in [0.4, 0.5) is 5.69 Å². The summed E-state index contributed by atoms with van der Waals surface area (Å²) in [5.41, 5.74) is 5.34. The Bertz CT molecular complexity index is 1340. The van der Waals surface area contributed by atoms with Gasteiger partial charge in [-0.3, -0.25) is 4.79 Å². The summed E-state index contributed by atoms with van der Waals surface area (Å²) < 4.78 is 7.52. The average molecular weight is 558 g/mol. The molecule has 2 aromatic carbocycles. The van der Waals surface area contributed by atoms with Crippen LogP contribution in [0, 0.1) is 0 Å². The van der Waals surface area contributed by atoms with Crippen LogP contribution < -0.4 is 10.6 Å². The number of ether oxygens (including phenoxy) is 1. The minimum atomic E-state index is -1.00. The van der Waals surface area contributed by atoms with Crippen LogP contribution in [0.5, 0.6) is 0 Å². The zero-order valence-corrected chi connectivity index (χ0v) is 24.1. The lowest BCUT2D eigenvalue weighted by Gasteiger charge is -2.41. The number of fused-ring (bicyclic) bond motifs is 1. The van der Waals surface area contributed by atoms with Gasteiger partial charge in [-0.05, 0) is 55.7 Å². The lowest BCUT2D eigenvalue weighted by Crippen LogP contribution is -2.54. The number of rotatable bonds is 9. The topological polar surface area (TPSA) is 91.6 Å². The van der Waals surface area contributed by atoms with E-state index in [4.69, 9.17) is 9.72 Å². The number of piperazine rings is 1. The first kappa shape index (κ1) is 27.9. The second-order valence-electron chi connectivity index (χ2n) is 11.9. The standard InChI is InChI=1S/C33H43N5O3/c1-41-22-33(40)17-6-5-15-29(33)38-23-36-30(31(38)25-9-3-2-4-10-25)32(39)37-20-19-34-21-26(37)16-18-35-28-14-8-12-24-11-7-13-27(24)28/h2-4,8-10,12,14,23,26,29,34-35,40H,5-7,11,13,15-22H2,1H3/t26-,29-,33-/m1/s1. The van der Waals surface area contributed by atoms with Crippen LogP contribution in [0.25, 0.3) is 11.3 Å². The number of hydrogen-bond acceptors (Lipinski definition) is 6. The molecule has 2 fully saturated rings. The van der Waals surface area contributed by atoms with E-state index in [1.807, 2.05) is 35.2 Å². The predicted octanol–water partition coefficient (Wildman–Crippen LogP) is 4.45. The fraction of sp³-hybridized carbons (Fsp3) is 0.515. The number of anilines is 1. The first-order valence-electron chi connectivity index (χ1n) is 15.3. The van der Waals surface area contributed by atoms with Crippen molar-refractivity contribution in [1.82, 2.24) is 19.8 Å². The number of imidazole rings is 1. The molecular formula is C33H43N5O3. The number of benzene rings is 2. The van der Waals surface area contributed by atoms with Crippen LogP contribution in [-0.2, 0) is 17.6 Å². The van der Waals surface area contributed by atoms with Crippen LogP contribution in [0.2, 0.25) is 0 Å². The number of nitrogens with zero attached hydrogens (tertiary/aromatic N) is 3. The highest BCUT2D eigenvalue weighted by molar-refractivity contribution is 5.98. The second kappa shape index (κ2) is 12.3. The van der Waals surface area contributed by atoms with E-state index in [2.05, 4.69) is 33.4 Å². The number of carbonyl (C=O) groups is 1. The van der Waals surface area contributed by atoms with Gasteiger partial charge in [-0.15, -0.1) is 0 Å². The van der Waals surface area contributed by atoms with Crippen LogP contribution in [0.1, 0.15) is 66.2 Å². The van der Waals surface area contributed by atoms with E-state index in [0.717, 1.165) is 63.0 Å². The molecule has 8 heteroatoms. The molecule has 6 rings (SSSR count). The highest BCUT2D eigenvalue weighted by Crippen LogP contribution is 2.41. The van der Waals surface area contributed by atoms with E-state index in [1.54, 1.807) is 13.4 Å². The van der Waals surface area contributed by atoms with Crippen molar-refractivity contribution >= 4 is 11.6 Å². The molecule has 0 unspecified atom stereocenters. The minimum absolute atomic E-state index is 0.0409. The summed E-state index contributed by atoms with van der Waals surface area (Å²) in [6.45, 7) is 3.23. The lowest BCUT2D eigenvalue weighted by molar-refractivity contribution is -0.0893. The van der Waals surface area contributed by atoms with E-state index in [9.17, 15) is 9.90 Å². The third kappa shape index (κ3) is 5.65. The van der Waals surface area contributed by atoms with Gasteiger partial charge < -0.3 is 29.9 Å². The van der Waals surface area contributed by atoms with Crippen LogP contribution in [0.3, 0.4) is 0 Å². The monoisotopic (exact) mass is 557 g/mol. The summed E-state index contributed by atoms with van der Waals surface area (Å²) in [7, 11) is 1.63. The summed E-state index contributed by atoms with van der Waals surface area (Å²) in [5.74, 6) is -0.0409. The van der Waals surface area contributed by atoms with E-state index in [1.165, 1.54) is 29.7 Å². The molecule has 0 spiro atoms. The number of aliphatic hydroxyl groups is 1. The number of hydrogen-bond donors (Lipinski definition) is 3. The highest BCUT2D eigenvalue weighted by atomic mass is 16.5. The zero-order valence-electron chi connectivity index (χ0n) is 24.1. The largest absolute Gasteiger partial charge is 0.385 e. The van der Waals surface area contributed by atoms with Gasteiger partial charge >= 0.3 is 0 Å². The quantitative estimate of drug-likeness (QED) is 0.360. The maximum Gasteiger partial charge on any atom is 0.275 e. The number of nitrogens with one attached hydrogen (secondary N) is 2. The summed E-state index contributed by atoms with van der Waals surface area (Å²) in [6.07, 6.45) is 9.60. The molecule has 0 radical (unpaired) electrons. The molecule has 1 saturated carbocycles. The fourth-order valence-electron chi connectivity index (χ4n) is 7.24. The third-order valence-electron chi connectivity index (χ3n) is 9.28. The van der Waals surface area contributed by atoms with Crippen LogP contribution in [-0.4, -0.2) is 77.0 Å². The number of amides is 1. The molecule has 41 heavy (non-hydrogen) atoms. The summed E-state index contributed by atoms with van der Waals surface area (Å²) in [5, 5.41) is 18.8. The van der Waals surface area contributed by atoms with Gasteiger partial charge in [-0.1, -0.05) is 55.3 Å². The average Bonchev–Trinajstić information content (AvgIpc) is 3.66. The number of aromatic nitrogens is 2. The lowest BCUT2D eigenvalue weighted by atomic mass is 9.80. The number of methoxy groups -OCH3 is 1. The molecule has 1 amide bonds. The van der Waals surface area contributed by atoms with E-state index < -0.39 is 5.60 Å². The molecule has 218 valence electrons. The zero-order chi connectivity index (χ0) is 28.2. The van der Waals surface area contributed by atoms with Crippen molar-refractivity contribution in [3.8, 4) is 11.3 Å². The van der Waals surface area contributed by atoms with Crippen LogP contribution in [0.15, 0.2) is 54.9 Å². The van der Waals surface area contributed by atoms with Crippen molar-refractivity contribution in [2.75, 3.05) is 45.2 Å². The summed E-state index contributed by atoms with van der Waals surface area (Å²) >= 11 is 0. The number of aryl methyl sites for hydroxylation is 1. The minimum Gasteiger partial charge on any atom is -0.385 e. The Morgan fingerprint density at radius 2 is 2.02 bits per heavy atom. The Morgan fingerprint density at radius 3 is 2.88 bits per heavy atom. The maximum atomic E-state index is 14.3. The van der Waals surface area contributed by atoms with Crippen molar-refractivity contribution in [3.05, 3.63) is 71.7 Å². The van der Waals surface area contributed by atoms with Crippen molar-refractivity contribution in [1.29, 1.82) is 0 Å². The Hall–Kier alpha value is -3.20. The molecule has 3 N–H and O–H groups in total. The molecule has 3 atom stereocenters. The molecule has 2 aliphatic carbocycles. The molecule has 1 saturated heterocycles. The SMILES string of the molecule is COC[C@]1(O)CCCC[C@H]1n1cnc(C(=O)N2CCNC[C@H]2CCNc2cccc3c2CCC3)c1-c1ccccc1. The normalized spacial score (nSPS) is 24.3. The van der Waals surface area contributed by atoms with E-state index >= 15 is 0 Å². The van der Waals surface area contributed by atoms with E-state index in [0.29, 0.717) is 18.7 Å². The van der Waals surface area contributed by atoms with Crippen molar-refractivity contribution < 1.29 is 14.6 Å². The fourth-order valence-corrected chi connectivity index (χ4v) is 7.24. The Morgan fingerprint density at radius 1 is 1.15 bits per heavy atom. The highest BCUT2D eigenvalue weighted by Gasteiger charge is 2.42. The van der Waals surface area contributed by atoms with Gasteiger partial charge in [0.15, 0.2) is 5.69 Å². The maximum absolute atomic E-state index is 14.3. The van der Waals surface area contributed by atoms with E-state index in [-0.39, 0.29) is 24.6 Å². The van der Waals surface area contributed by atoms with Gasteiger partial charge in [0.2, 0.25) is 0 Å². The van der Waals surface area contributed by atoms with Gasteiger partial charge in [0.25, 0.3) is 5.91 Å². The molecule has 1 aromatic heterocycles. The van der Waals surface area contributed by atoms with Gasteiger partial charge in [-0.2, -0.15) is 0 Å². The van der Waals surface area contributed by atoms with Gasteiger partial charge in [0, 0.05) is 50.6 Å². The molecule has 3 aliphatic rings. The Balaban J connectivity index is 1.26. The molecule has 2 heterocycles. The molecular weight excluding hydrogens is 514 g/mol. The third-order valence-corrected chi connectivity index (χ3v) is 9.28. The Kier molecular flexibility index (Phi) is 8.42. The van der Waals surface area contributed by atoms with Crippen molar-refractivity contribution in [2.45, 2.75) is 69.1 Å². The van der Waals surface area contributed by atoms with Gasteiger partial charge in [0.1, 0.15) is 5.60 Å². The molecule has 3 aromatic rings. The second-order valence-corrected chi connectivity index (χ2v) is 11.9. The van der Waals surface area contributed by atoms with Gasteiger partial charge in [-0.25, -0.2) is 4.98 Å². The Labute approximate surface area is 243 Å². The van der Waals surface area contributed by atoms with Crippen molar-refractivity contribution in [3.63, 3.8) is 0 Å². The first-order chi connectivity index (χ1) is 20.1. The smallest absolute Gasteiger partial charge is 0.275 e. The first-order valence-corrected chi connectivity index (χ1v) is 15.3. The summed E-state index contributed by atoms with van der Waals surface area (Å²) in [4.78, 5) is 21.1. The molecule has 8 nitrogen and oxygen atoms in total. The van der Waals surface area contributed by atoms with Gasteiger partial charge in [0.05, 0.1) is 24.7 Å².